The third-order valence-electron chi connectivity index (χ3n) is 5.95. The summed E-state index contributed by atoms with van der Waals surface area (Å²) in [4.78, 5) is 29.4. The average Bonchev–Trinajstić information content (AvgIpc) is 2.79. The van der Waals surface area contributed by atoms with Crippen LogP contribution in [0, 0.1) is 3.57 Å². The van der Waals surface area contributed by atoms with E-state index in [4.69, 9.17) is 4.74 Å². The summed E-state index contributed by atoms with van der Waals surface area (Å²) in [5, 5.41) is 5.61. The van der Waals surface area contributed by atoms with Gasteiger partial charge in [0, 0.05) is 71.6 Å². The lowest BCUT2D eigenvalue weighted by molar-refractivity contribution is -0.114. The van der Waals surface area contributed by atoms with Crippen molar-refractivity contribution >= 4 is 51.4 Å². The van der Waals surface area contributed by atoms with Crippen molar-refractivity contribution in [2.75, 3.05) is 50.1 Å². The van der Waals surface area contributed by atoms with Gasteiger partial charge in [-0.05, 0) is 72.0 Å². The van der Waals surface area contributed by atoms with E-state index < -0.39 is 5.91 Å². The monoisotopic (exact) mass is 546 g/mol. The van der Waals surface area contributed by atoms with Crippen molar-refractivity contribution in [3.05, 3.63) is 63.4 Å². The summed E-state index contributed by atoms with van der Waals surface area (Å²) < 4.78 is 6.24. The maximum Gasteiger partial charge on any atom is 0.260 e. The number of anilines is 2. The molecular formula is C24H27IN4O3. The van der Waals surface area contributed by atoms with Crippen LogP contribution in [0.5, 0.6) is 0 Å². The van der Waals surface area contributed by atoms with E-state index >= 15 is 0 Å². The Labute approximate surface area is 201 Å². The number of methoxy groups -OCH3 is 1. The second-order valence-electron chi connectivity index (χ2n) is 8.05. The van der Waals surface area contributed by atoms with Gasteiger partial charge in [0.2, 0.25) is 0 Å². The van der Waals surface area contributed by atoms with E-state index in [1.54, 1.807) is 19.4 Å². The van der Waals surface area contributed by atoms with Gasteiger partial charge in [-0.1, -0.05) is 0 Å². The second kappa shape index (κ2) is 10.0. The second-order valence-corrected chi connectivity index (χ2v) is 9.30. The zero-order valence-corrected chi connectivity index (χ0v) is 20.4. The average molecular weight is 546 g/mol. The standard InChI is InChI=1S/C24H27IN4O3/c1-16(15-32-2)28-9-11-29(12-10-28)19-6-4-18(5-7-19)26-14-22-21-13-17(25)3-8-20(21)23(30)27-24(22)31/h3-8,13-14,16,26H,9-12,15H2,1-2H3,(H,27,30,31)/b22-14-. The van der Waals surface area contributed by atoms with Gasteiger partial charge in [0.05, 0.1) is 12.2 Å². The van der Waals surface area contributed by atoms with Crippen LogP contribution in [0.1, 0.15) is 22.8 Å². The van der Waals surface area contributed by atoms with E-state index in [2.05, 4.69) is 62.1 Å². The zero-order valence-electron chi connectivity index (χ0n) is 18.2. The van der Waals surface area contributed by atoms with Crippen molar-refractivity contribution in [2.24, 2.45) is 0 Å². The SMILES string of the molecule is COCC(C)N1CCN(c2ccc(N/C=C3\C(=O)NC(=O)c4ccc(I)cc43)cc2)CC1. The molecule has 8 heteroatoms. The first kappa shape index (κ1) is 22.8. The van der Waals surface area contributed by atoms with Crippen molar-refractivity contribution in [3.63, 3.8) is 0 Å². The molecule has 1 saturated heterocycles. The summed E-state index contributed by atoms with van der Waals surface area (Å²) in [5.41, 5.74) is 3.67. The number of hydrogen-bond acceptors (Lipinski definition) is 6. The fourth-order valence-corrected chi connectivity index (χ4v) is 4.62. The molecule has 2 N–H and O–H groups in total. The van der Waals surface area contributed by atoms with Crippen LogP contribution in [0.2, 0.25) is 0 Å². The third-order valence-corrected chi connectivity index (χ3v) is 6.62. The zero-order chi connectivity index (χ0) is 22.7. The first-order chi connectivity index (χ1) is 15.5. The summed E-state index contributed by atoms with van der Waals surface area (Å²) in [6, 6.07) is 14.1. The van der Waals surface area contributed by atoms with Crippen LogP contribution in [0.15, 0.2) is 48.7 Å². The van der Waals surface area contributed by atoms with Crippen molar-refractivity contribution in [1.29, 1.82) is 0 Å². The Kier molecular flexibility index (Phi) is 7.12. The highest BCUT2D eigenvalue weighted by Gasteiger charge is 2.27. The summed E-state index contributed by atoms with van der Waals surface area (Å²) in [5.74, 6) is -0.756. The molecule has 1 atom stereocenters. The molecule has 0 radical (unpaired) electrons. The predicted molar refractivity (Wildman–Crippen MR) is 135 cm³/mol. The molecule has 168 valence electrons. The summed E-state index contributed by atoms with van der Waals surface area (Å²) in [6.45, 7) is 6.95. The number of nitrogens with zero attached hydrogens (tertiary/aromatic N) is 2. The molecule has 2 aliphatic heterocycles. The molecule has 0 aliphatic carbocycles. The molecule has 0 bridgehead atoms. The van der Waals surface area contributed by atoms with Crippen LogP contribution >= 0.6 is 22.6 Å². The van der Waals surface area contributed by atoms with Crippen LogP contribution in [0.4, 0.5) is 11.4 Å². The van der Waals surface area contributed by atoms with Gasteiger partial charge >= 0.3 is 0 Å². The third kappa shape index (κ3) is 4.97. The Morgan fingerprint density at radius 2 is 1.78 bits per heavy atom. The van der Waals surface area contributed by atoms with Gasteiger partial charge in [0.1, 0.15) is 0 Å². The van der Waals surface area contributed by atoms with Gasteiger partial charge < -0.3 is 15.0 Å². The number of amides is 2. The van der Waals surface area contributed by atoms with Gasteiger partial charge in [0.25, 0.3) is 11.8 Å². The minimum Gasteiger partial charge on any atom is -0.383 e. The van der Waals surface area contributed by atoms with E-state index in [-0.39, 0.29) is 5.91 Å². The number of imide groups is 1. The molecule has 1 unspecified atom stereocenters. The highest BCUT2D eigenvalue weighted by Crippen LogP contribution is 2.27. The Morgan fingerprint density at radius 3 is 2.47 bits per heavy atom. The van der Waals surface area contributed by atoms with Gasteiger partial charge in [0.15, 0.2) is 0 Å². The predicted octanol–water partition coefficient (Wildman–Crippen LogP) is 3.17. The molecular weight excluding hydrogens is 519 g/mol. The van der Waals surface area contributed by atoms with E-state index in [0.29, 0.717) is 22.7 Å². The number of carbonyl (C=O) groups is 2. The molecule has 0 spiro atoms. The molecule has 2 aromatic carbocycles. The molecule has 1 fully saturated rings. The molecule has 0 aromatic heterocycles. The summed E-state index contributed by atoms with van der Waals surface area (Å²) in [6.07, 6.45) is 1.67. The highest BCUT2D eigenvalue weighted by atomic mass is 127. The first-order valence-corrected chi connectivity index (χ1v) is 11.7. The van der Waals surface area contributed by atoms with E-state index in [1.165, 1.54) is 5.69 Å². The fourth-order valence-electron chi connectivity index (χ4n) is 4.13. The van der Waals surface area contributed by atoms with Crippen molar-refractivity contribution < 1.29 is 14.3 Å². The minimum absolute atomic E-state index is 0.361. The van der Waals surface area contributed by atoms with Crippen LogP contribution in [-0.4, -0.2) is 62.7 Å². The summed E-state index contributed by atoms with van der Waals surface area (Å²) >= 11 is 2.18. The number of fused-ring (bicyclic) bond motifs is 1. The Morgan fingerprint density at radius 1 is 1.06 bits per heavy atom. The number of hydrogen-bond donors (Lipinski definition) is 2. The Hall–Kier alpha value is -2.43. The smallest absolute Gasteiger partial charge is 0.260 e. The lowest BCUT2D eigenvalue weighted by Gasteiger charge is -2.39. The van der Waals surface area contributed by atoms with Crippen LogP contribution in [0.25, 0.3) is 5.57 Å². The topological polar surface area (TPSA) is 73.9 Å². The van der Waals surface area contributed by atoms with Crippen molar-refractivity contribution in [2.45, 2.75) is 13.0 Å². The molecule has 2 aromatic rings. The van der Waals surface area contributed by atoms with Crippen LogP contribution in [0.3, 0.4) is 0 Å². The number of ether oxygens (including phenoxy) is 1. The Bertz CT molecular complexity index is 1030. The molecule has 7 nitrogen and oxygen atoms in total. The molecule has 2 amide bonds. The number of benzene rings is 2. The van der Waals surface area contributed by atoms with Crippen LogP contribution < -0.4 is 15.5 Å². The number of carbonyl (C=O) groups excluding carboxylic acids is 2. The largest absolute Gasteiger partial charge is 0.383 e. The maximum atomic E-state index is 12.4. The first-order valence-electron chi connectivity index (χ1n) is 10.7. The molecule has 2 aliphatic rings. The van der Waals surface area contributed by atoms with Gasteiger partial charge in [-0.2, -0.15) is 0 Å². The number of rotatable bonds is 6. The van der Waals surface area contributed by atoms with Gasteiger partial charge in [-0.25, -0.2) is 0 Å². The molecule has 2 heterocycles. The maximum absolute atomic E-state index is 12.4. The highest BCUT2D eigenvalue weighted by molar-refractivity contribution is 14.1. The number of halogens is 1. The van der Waals surface area contributed by atoms with Gasteiger partial charge in [-0.15, -0.1) is 0 Å². The number of piperazine rings is 1. The van der Waals surface area contributed by atoms with Gasteiger partial charge in [-0.3, -0.25) is 19.8 Å². The van der Waals surface area contributed by atoms with E-state index in [1.807, 2.05) is 24.3 Å². The Balaban J connectivity index is 1.42. The van der Waals surface area contributed by atoms with Crippen molar-refractivity contribution in [1.82, 2.24) is 10.2 Å². The fraction of sp³-hybridized carbons (Fsp3) is 0.333. The lowest BCUT2D eigenvalue weighted by atomic mass is 9.95. The summed E-state index contributed by atoms with van der Waals surface area (Å²) in [7, 11) is 1.75. The number of nitrogens with one attached hydrogen (secondary N) is 2. The normalized spacial score (nSPS) is 19.0. The minimum atomic E-state index is -0.394. The van der Waals surface area contributed by atoms with Crippen molar-refractivity contribution in [3.8, 4) is 0 Å². The lowest BCUT2D eigenvalue weighted by Crippen LogP contribution is -2.50. The van der Waals surface area contributed by atoms with Crippen LogP contribution in [-0.2, 0) is 9.53 Å². The quantitative estimate of drug-likeness (QED) is 0.330. The molecule has 32 heavy (non-hydrogen) atoms. The van der Waals surface area contributed by atoms with E-state index in [0.717, 1.165) is 42.0 Å². The van der Waals surface area contributed by atoms with E-state index in [9.17, 15) is 9.59 Å². The molecule has 0 saturated carbocycles. The molecule has 4 rings (SSSR count).